The number of hydrogen-bond donors (Lipinski definition) is 1. The van der Waals surface area contributed by atoms with Crippen LogP contribution in [0.2, 0.25) is 0 Å². The first-order valence-electron chi connectivity index (χ1n) is 9.41. The van der Waals surface area contributed by atoms with Gasteiger partial charge in [0, 0.05) is 17.4 Å². The summed E-state index contributed by atoms with van der Waals surface area (Å²) in [6, 6.07) is 4.96. The zero-order valence-electron chi connectivity index (χ0n) is 17.5. The van der Waals surface area contributed by atoms with Gasteiger partial charge in [-0.1, -0.05) is 0 Å². The summed E-state index contributed by atoms with van der Waals surface area (Å²) in [6.45, 7) is 4.84. The van der Waals surface area contributed by atoms with E-state index >= 15 is 0 Å². The van der Waals surface area contributed by atoms with E-state index in [1.54, 1.807) is 32.0 Å². The van der Waals surface area contributed by atoms with Gasteiger partial charge in [-0.2, -0.15) is 0 Å². The number of aryl methyl sites for hydroxylation is 1. The molecule has 0 fully saturated rings. The third-order valence-corrected chi connectivity index (χ3v) is 6.48. The lowest BCUT2D eigenvalue weighted by Crippen LogP contribution is -2.24. The molecule has 0 aliphatic heterocycles. The maximum atomic E-state index is 13.0. The summed E-state index contributed by atoms with van der Waals surface area (Å²) in [5, 5.41) is 3.04. The highest BCUT2D eigenvalue weighted by molar-refractivity contribution is 7.98. The Morgan fingerprint density at radius 2 is 2.03 bits per heavy atom. The number of anilines is 1. The van der Waals surface area contributed by atoms with Crippen molar-refractivity contribution in [3.05, 3.63) is 50.9 Å². The van der Waals surface area contributed by atoms with Crippen LogP contribution in [0, 0.1) is 6.92 Å². The number of ether oxygens (including phenoxy) is 1. The molecular formula is C21H21N3O5S2. The van der Waals surface area contributed by atoms with Crippen LogP contribution in [0.25, 0.3) is 10.2 Å². The first-order chi connectivity index (χ1) is 14.8. The number of amides is 1. The van der Waals surface area contributed by atoms with Crippen molar-refractivity contribution in [2.75, 3.05) is 18.2 Å². The smallest absolute Gasteiger partial charge is 0.348 e. The molecule has 0 saturated carbocycles. The molecule has 0 saturated heterocycles. The lowest BCUT2D eigenvalue weighted by Gasteiger charge is -2.10. The fourth-order valence-corrected chi connectivity index (χ4v) is 4.68. The Bertz CT molecular complexity index is 1250. The van der Waals surface area contributed by atoms with E-state index in [2.05, 4.69) is 10.3 Å². The average Bonchev–Trinajstić information content (AvgIpc) is 3.07. The van der Waals surface area contributed by atoms with E-state index in [0.717, 1.165) is 16.2 Å². The Labute approximate surface area is 186 Å². The van der Waals surface area contributed by atoms with E-state index in [9.17, 15) is 19.2 Å². The van der Waals surface area contributed by atoms with Crippen molar-refractivity contribution in [3.8, 4) is 0 Å². The maximum Gasteiger partial charge on any atom is 0.348 e. The molecule has 0 bridgehead atoms. The molecule has 162 valence electrons. The van der Waals surface area contributed by atoms with Gasteiger partial charge in [0.1, 0.15) is 9.71 Å². The number of thioether (sulfide) groups is 1. The van der Waals surface area contributed by atoms with Gasteiger partial charge in [0.2, 0.25) is 5.91 Å². The molecule has 0 aliphatic rings. The van der Waals surface area contributed by atoms with Crippen molar-refractivity contribution in [3.63, 3.8) is 0 Å². The Morgan fingerprint density at radius 3 is 2.68 bits per heavy atom. The molecule has 0 atom stereocenters. The van der Waals surface area contributed by atoms with Gasteiger partial charge in [-0.15, -0.1) is 23.1 Å². The van der Waals surface area contributed by atoms with Crippen LogP contribution in [0.5, 0.6) is 0 Å². The quantitative estimate of drug-likeness (QED) is 0.327. The SMILES string of the molecule is CCOC(=O)c1sc2ncn(CC(=O)c3ccc(NC(C)=O)c(SC)c3)c(=O)c2c1C. The Balaban J connectivity index is 1.93. The first kappa shape index (κ1) is 22.7. The Morgan fingerprint density at radius 1 is 1.29 bits per heavy atom. The van der Waals surface area contributed by atoms with Crippen LogP contribution >= 0.6 is 23.1 Å². The predicted molar refractivity (Wildman–Crippen MR) is 121 cm³/mol. The van der Waals surface area contributed by atoms with Crippen LogP contribution in [-0.2, 0) is 16.1 Å². The molecule has 8 nitrogen and oxygen atoms in total. The summed E-state index contributed by atoms with van der Waals surface area (Å²) in [5.74, 6) is -0.964. The van der Waals surface area contributed by atoms with Crippen molar-refractivity contribution < 1.29 is 19.1 Å². The molecule has 3 rings (SSSR count). The zero-order chi connectivity index (χ0) is 22.7. The van der Waals surface area contributed by atoms with Crippen LogP contribution < -0.4 is 10.9 Å². The molecule has 0 radical (unpaired) electrons. The Hall–Kier alpha value is -2.98. The summed E-state index contributed by atoms with van der Waals surface area (Å²) >= 11 is 2.50. The standard InChI is InChI=1S/C21H21N3O5S2/c1-5-29-21(28)18-11(2)17-19(31-18)22-10-24(20(17)27)9-15(26)13-6-7-14(23-12(3)25)16(8-13)30-4/h6-8,10H,5,9H2,1-4H3,(H,23,25). The highest BCUT2D eigenvalue weighted by Gasteiger charge is 2.21. The molecule has 0 spiro atoms. The van der Waals surface area contributed by atoms with Gasteiger partial charge >= 0.3 is 5.97 Å². The minimum Gasteiger partial charge on any atom is -0.462 e. The molecule has 2 aromatic heterocycles. The first-order valence-corrected chi connectivity index (χ1v) is 11.4. The number of thiophene rings is 1. The summed E-state index contributed by atoms with van der Waals surface area (Å²) in [4.78, 5) is 55.0. The number of ketones is 1. The number of rotatable bonds is 7. The summed E-state index contributed by atoms with van der Waals surface area (Å²) in [7, 11) is 0. The van der Waals surface area contributed by atoms with E-state index in [-0.39, 0.29) is 30.4 Å². The molecule has 0 aliphatic carbocycles. The van der Waals surface area contributed by atoms with Crippen LogP contribution in [-0.4, -0.2) is 40.1 Å². The average molecular weight is 460 g/mol. The van der Waals surface area contributed by atoms with Gasteiger partial charge in [0.15, 0.2) is 5.78 Å². The van der Waals surface area contributed by atoms with Gasteiger partial charge in [-0.3, -0.25) is 19.0 Å². The number of hydrogen-bond acceptors (Lipinski definition) is 8. The number of fused-ring (bicyclic) bond motifs is 1. The minimum absolute atomic E-state index is 0.195. The van der Waals surface area contributed by atoms with Gasteiger partial charge < -0.3 is 10.1 Å². The predicted octanol–water partition coefficient (Wildman–Crippen LogP) is 3.51. The van der Waals surface area contributed by atoms with Gasteiger partial charge in [0.25, 0.3) is 5.56 Å². The van der Waals surface area contributed by atoms with E-state index in [1.807, 2.05) is 6.26 Å². The van der Waals surface area contributed by atoms with E-state index in [0.29, 0.717) is 31.9 Å². The second kappa shape index (κ2) is 9.44. The third-order valence-electron chi connectivity index (χ3n) is 4.53. The van der Waals surface area contributed by atoms with Gasteiger partial charge in [-0.05, 0) is 43.9 Å². The van der Waals surface area contributed by atoms with E-state index in [4.69, 9.17) is 4.74 Å². The normalized spacial score (nSPS) is 10.8. The van der Waals surface area contributed by atoms with Crippen LogP contribution in [0.15, 0.2) is 34.2 Å². The largest absolute Gasteiger partial charge is 0.462 e. The highest BCUT2D eigenvalue weighted by atomic mass is 32.2. The van der Waals surface area contributed by atoms with Crippen LogP contribution in [0.4, 0.5) is 5.69 Å². The lowest BCUT2D eigenvalue weighted by molar-refractivity contribution is -0.114. The molecule has 31 heavy (non-hydrogen) atoms. The second-order valence-electron chi connectivity index (χ2n) is 6.65. The molecule has 2 heterocycles. The third kappa shape index (κ3) is 4.70. The molecule has 10 heteroatoms. The number of nitrogens with zero attached hydrogens (tertiary/aromatic N) is 2. The molecule has 1 N–H and O–H groups in total. The monoisotopic (exact) mass is 459 g/mol. The molecule has 0 unspecified atom stereocenters. The fraction of sp³-hybridized carbons (Fsp3) is 0.286. The van der Waals surface area contributed by atoms with Crippen LogP contribution in [0.3, 0.4) is 0 Å². The highest BCUT2D eigenvalue weighted by Crippen LogP contribution is 2.28. The second-order valence-corrected chi connectivity index (χ2v) is 8.50. The van der Waals surface area contributed by atoms with Crippen molar-refractivity contribution >= 4 is 56.7 Å². The fourth-order valence-electron chi connectivity index (χ4n) is 3.07. The van der Waals surface area contributed by atoms with Crippen molar-refractivity contribution in [1.82, 2.24) is 9.55 Å². The van der Waals surface area contributed by atoms with E-state index in [1.165, 1.54) is 29.6 Å². The number of carbonyl (C=O) groups excluding carboxylic acids is 3. The number of Topliss-reactive ketones (excluding diaryl/α,β-unsaturated/α-hetero) is 1. The Kier molecular flexibility index (Phi) is 6.91. The molecular weight excluding hydrogens is 438 g/mol. The number of esters is 1. The molecule has 1 aromatic carbocycles. The molecule has 3 aromatic rings. The topological polar surface area (TPSA) is 107 Å². The number of aromatic nitrogens is 2. The van der Waals surface area contributed by atoms with Gasteiger partial charge in [-0.25, -0.2) is 9.78 Å². The summed E-state index contributed by atoms with van der Waals surface area (Å²) in [6.07, 6.45) is 3.16. The number of carbonyl (C=O) groups is 3. The number of nitrogens with one attached hydrogen (secondary N) is 1. The maximum absolute atomic E-state index is 13.0. The number of benzene rings is 1. The van der Waals surface area contributed by atoms with Crippen molar-refractivity contribution in [1.29, 1.82) is 0 Å². The molecule has 1 amide bonds. The van der Waals surface area contributed by atoms with E-state index < -0.39 is 5.97 Å². The summed E-state index contributed by atoms with van der Waals surface area (Å²) < 4.78 is 6.27. The van der Waals surface area contributed by atoms with Crippen LogP contribution in [0.1, 0.15) is 39.4 Å². The van der Waals surface area contributed by atoms with Crippen molar-refractivity contribution in [2.45, 2.75) is 32.2 Å². The zero-order valence-corrected chi connectivity index (χ0v) is 19.1. The summed E-state index contributed by atoms with van der Waals surface area (Å²) in [5.41, 5.74) is 1.15. The van der Waals surface area contributed by atoms with Crippen molar-refractivity contribution in [2.24, 2.45) is 0 Å². The van der Waals surface area contributed by atoms with Gasteiger partial charge in [0.05, 0.1) is 30.6 Å². The lowest BCUT2D eigenvalue weighted by atomic mass is 10.1. The minimum atomic E-state index is -0.492.